The number of hydrogen-bond donors (Lipinski definition) is 1. The Balaban J connectivity index is 1.32. The van der Waals surface area contributed by atoms with E-state index in [1.54, 1.807) is 12.4 Å². The van der Waals surface area contributed by atoms with Crippen LogP contribution in [0.4, 0.5) is 0 Å². The fourth-order valence-electron chi connectivity index (χ4n) is 2.71. The largest absolute Gasteiger partial charge is 0.425 e. The van der Waals surface area contributed by atoms with Gasteiger partial charge in [-0.25, -0.2) is 4.79 Å². The number of nitrogens with zero attached hydrogens (tertiary/aromatic N) is 2. The molecule has 4 rings (SSSR count). The monoisotopic (exact) mass is 365 g/mol. The Morgan fingerprint density at radius 1 is 1.36 bits per heavy atom. The van der Waals surface area contributed by atoms with E-state index < -0.39 is 26.1 Å². The van der Waals surface area contributed by atoms with Gasteiger partial charge in [0.05, 0.1) is 25.5 Å². The highest BCUT2D eigenvalue weighted by molar-refractivity contribution is 7.42. The minimum Gasteiger partial charge on any atom is -0.425 e. The van der Waals surface area contributed by atoms with E-state index in [1.807, 2.05) is 6.07 Å². The average Bonchev–Trinajstić information content (AvgIpc) is 3.08. The molecule has 0 spiro atoms. The normalized spacial score (nSPS) is 25.4. The van der Waals surface area contributed by atoms with Crippen molar-refractivity contribution in [1.82, 2.24) is 14.5 Å². The second-order valence-corrected chi connectivity index (χ2v) is 6.82. The highest BCUT2D eigenvalue weighted by Crippen LogP contribution is 2.47. The molecule has 1 fully saturated rings. The van der Waals surface area contributed by atoms with E-state index in [2.05, 4.69) is 9.97 Å². The van der Waals surface area contributed by atoms with E-state index in [0.29, 0.717) is 25.4 Å². The molecule has 0 saturated carbocycles. The van der Waals surface area contributed by atoms with Gasteiger partial charge in [0.1, 0.15) is 6.23 Å². The Morgan fingerprint density at radius 2 is 2.28 bits per heavy atom. The maximum Gasteiger partial charge on any atom is 0.397 e. The summed E-state index contributed by atoms with van der Waals surface area (Å²) in [5.74, 6) is 0.671. The summed E-state index contributed by atoms with van der Waals surface area (Å²) >= 11 is 0. The van der Waals surface area contributed by atoms with Crippen LogP contribution in [0.1, 0.15) is 24.6 Å². The Hall–Kier alpha value is -2.06. The number of aromatic amines is 1. The molecule has 132 valence electrons. The minimum atomic E-state index is -1.49. The Morgan fingerprint density at radius 3 is 3.16 bits per heavy atom. The van der Waals surface area contributed by atoms with Crippen LogP contribution in [0.5, 0.6) is 5.75 Å². The van der Waals surface area contributed by atoms with Gasteiger partial charge in [-0.3, -0.25) is 28.4 Å². The smallest absolute Gasteiger partial charge is 0.397 e. The van der Waals surface area contributed by atoms with Gasteiger partial charge in [-0.05, 0) is 18.9 Å². The molecule has 0 radical (unpaired) electrons. The first-order valence-corrected chi connectivity index (χ1v) is 8.92. The van der Waals surface area contributed by atoms with Crippen LogP contribution in [-0.4, -0.2) is 27.2 Å². The second kappa shape index (κ2) is 7.05. The summed E-state index contributed by atoms with van der Waals surface area (Å²) in [5.41, 5.74) is 0.0294. The van der Waals surface area contributed by atoms with Crippen LogP contribution in [0.2, 0.25) is 0 Å². The van der Waals surface area contributed by atoms with E-state index in [9.17, 15) is 9.59 Å². The fraction of sp³-hybridized carbons (Fsp3) is 0.400. The first-order chi connectivity index (χ1) is 12.2. The lowest BCUT2D eigenvalue weighted by molar-refractivity contribution is -0.0229. The molecular weight excluding hydrogens is 349 g/mol. The highest BCUT2D eigenvalue weighted by Gasteiger charge is 2.30. The molecule has 0 aliphatic carbocycles. The van der Waals surface area contributed by atoms with Crippen molar-refractivity contribution in [3.05, 3.63) is 57.1 Å². The second-order valence-electron chi connectivity index (χ2n) is 5.67. The van der Waals surface area contributed by atoms with Crippen LogP contribution in [0.15, 0.2) is 40.3 Å². The van der Waals surface area contributed by atoms with Crippen molar-refractivity contribution in [2.45, 2.75) is 31.8 Å². The minimum absolute atomic E-state index is 0.172. The maximum absolute atomic E-state index is 11.8. The van der Waals surface area contributed by atoms with Gasteiger partial charge in [0.2, 0.25) is 0 Å². The first kappa shape index (κ1) is 16.4. The van der Waals surface area contributed by atoms with Crippen molar-refractivity contribution in [3.8, 4) is 5.75 Å². The summed E-state index contributed by atoms with van der Waals surface area (Å²) in [7, 11) is -1.49. The molecule has 3 atom stereocenters. The summed E-state index contributed by atoms with van der Waals surface area (Å²) in [4.78, 5) is 29.2. The topological polar surface area (TPSA) is 105 Å². The number of rotatable bonds is 4. The molecule has 2 aromatic heterocycles. The lowest BCUT2D eigenvalue weighted by atomic mass is 10.2. The van der Waals surface area contributed by atoms with Crippen LogP contribution < -0.4 is 15.8 Å². The summed E-state index contributed by atoms with van der Waals surface area (Å²) in [6, 6.07) is 3.14. The molecule has 4 heterocycles. The Kier molecular flexibility index (Phi) is 4.63. The zero-order chi connectivity index (χ0) is 17.2. The van der Waals surface area contributed by atoms with Crippen molar-refractivity contribution in [3.63, 3.8) is 0 Å². The summed E-state index contributed by atoms with van der Waals surface area (Å²) in [6.45, 7) is 0.723. The molecule has 10 heteroatoms. The third kappa shape index (κ3) is 3.64. The summed E-state index contributed by atoms with van der Waals surface area (Å²) in [5, 5.41) is 0. The van der Waals surface area contributed by atoms with Crippen LogP contribution in [-0.2, 0) is 20.4 Å². The van der Waals surface area contributed by atoms with Crippen LogP contribution >= 0.6 is 8.60 Å². The van der Waals surface area contributed by atoms with Crippen molar-refractivity contribution in [1.29, 1.82) is 0 Å². The van der Waals surface area contributed by atoms with E-state index in [0.717, 1.165) is 12.0 Å². The summed E-state index contributed by atoms with van der Waals surface area (Å²) in [6.07, 6.45) is 5.57. The van der Waals surface area contributed by atoms with E-state index in [1.165, 1.54) is 16.8 Å². The van der Waals surface area contributed by atoms with Gasteiger partial charge < -0.3 is 9.26 Å². The standard InChI is InChI=1S/C15H16N3O6P/c19-13-4-6-18(15(20)17-13)14-2-1-11(23-14)9-22-25-21-8-10-3-5-16-7-12(10)24-25/h3-7,11,14H,1-2,8-9H2,(H,17,19,20). The van der Waals surface area contributed by atoms with Gasteiger partial charge in [-0.2, -0.15) is 0 Å². The van der Waals surface area contributed by atoms with Crippen molar-refractivity contribution >= 4 is 8.60 Å². The molecule has 9 nitrogen and oxygen atoms in total. The lowest BCUT2D eigenvalue weighted by Gasteiger charge is -2.24. The van der Waals surface area contributed by atoms with Gasteiger partial charge in [0, 0.05) is 24.0 Å². The zero-order valence-electron chi connectivity index (χ0n) is 13.2. The van der Waals surface area contributed by atoms with E-state index in [-0.39, 0.29) is 6.10 Å². The molecule has 1 N–H and O–H groups in total. The molecule has 2 aliphatic heterocycles. The number of hydrogen-bond acceptors (Lipinski definition) is 7. The molecular formula is C15H16N3O6P. The third-order valence-electron chi connectivity index (χ3n) is 3.98. The van der Waals surface area contributed by atoms with Crippen LogP contribution in [0.3, 0.4) is 0 Å². The van der Waals surface area contributed by atoms with Crippen LogP contribution in [0.25, 0.3) is 0 Å². The van der Waals surface area contributed by atoms with Crippen molar-refractivity contribution in [2.24, 2.45) is 0 Å². The lowest BCUT2D eigenvalue weighted by Crippen LogP contribution is -2.31. The van der Waals surface area contributed by atoms with Gasteiger partial charge in [-0.1, -0.05) is 0 Å². The SMILES string of the molecule is O=c1ccn(C2CCC(COP3OCc4ccncc4O3)O2)c(=O)[nH]1. The van der Waals surface area contributed by atoms with Crippen molar-refractivity contribution in [2.75, 3.05) is 6.61 Å². The first-order valence-electron chi connectivity index (χ1n) is 7.83. The summed E-state index contributed by atoms with van der Waals surface area (Å²) < 4.78 is 24.1. The number of fused-ring (bicyclic) bond motifs is 1. The highest BCUT2D eigenvalue weighted by atomic mass is 31.2. The predicted molar refractivity (Wildman–Crippen MR) is 87.0 cm³/mol. The number of ether oxygens (including phenoxy) is 1. The predicted octanol–water partition coefficient (Wildman–Crippen LogP) is 1.46. The zero-order valence-corrected chi connectivity index (χ0v) is 14.1. The van der Waals surface area contributed by atoms with E-state index in [4.69, 9.17) is 18.3 Å². The maximum atomic E-state index is 11.8. The van der Waals surface area contributed by atoms with Gasteiger partial charge in [0.15, 0.2) is 5.75 Å². The quantitative estimate of drug-likeness (QED) is 0.818. The van der Waals surface area contributed by atoms with E-state index >= 15 is 0 Å². The molecule has 3 unspecified atom stereocenters. The van der Waals surface area contributed by atoms with Gasteiger partial charge in [0.25, 0.3) is 5.56 Å². The molecule has 0 bridgehead atoms. The van der Waals surface area contributed by atoms with Gasteiger partial charge in [-0.15, -0.1) is 0 Å². The van der Waals surface area contributed by atoms with Gasteiger partial charge >= 0.3 is 14.3 Å². The molecule has 0 amide bonds. The average molecular weight is 365 g/mol. The molecule has 1 saturated heterocycles. The molecule has 2 aromatic rings. The third-order valence-corrected chi connectivity index (χ3v) is 5.03. The molecule has 2 aliphatic rings. The van der Waals surface area contributed by atoms with Crippen LogP contribution in [0, 0.1) is 0 Å². The fourth-order valence-corrected chi connectivity index (χ4v) is 3.75. The number of nitrogens with one attached hydrogen (secondary N) is 1. The van der Waals surface area contributed by atoms with Crippen molar-refractivity contribution < 1.29 is 18.3 Å². The molecule has 25 heavy (non-hydrogen) atoms. The number of aromatic nitrogens is 3. The Labute approximate surface area is 143 Å². The number of H-pyrrole nitrogens is 1. The molecule has 0 aromatic carbocycles. The Bertz CT molecular complexity index is 869. The number of pyridine rings is 1.